The van der Waals surface area contributed by atoms with Crippen molar-refractivity contribution in [3.8, 4) is 11.5 Å². The van der Waals surface area contributed by atoms with E-state index in [-0.39, 0.29) is 17.9 Å². The molecule has 0 aliphatic carbocycles. The number of hydrogen-bond donors (Lipinski definition) is 3. The monoisotopic (exact) mass is 471 g/mol. The van der Waals surface area contributed by atoms with Gasteiger partial charge in [-0.2, -0.15) is 4.98 Å². The zero-order valence-corrected chi connectivity index (χ0v) is 19.9. The number of alkyl carbamates (subject to hydrolysis) is 1. The number of nitrogens with one attached hydrogen (secondary N) is 2. The smallest absolute Gasteiger partial charge is 0.408 e. The minimum Gasteiger partial charge on any atom is -0.480 e. The van der Waals surface area contributed by atoms with Gasteiger partial charge in [-0.05, 0) is 77.1 Å². The Morgan fingerprint density at radius 3 is 2.47 bits per heavy atom. The van der Waals surface area contributed by atoms with Gasteiger partial charge in [0.15, 0.2) is 11.5 Å². The molecule has 2 aliphatic heterocycles. The number of rotatable bonds is 7. The molecule has 3 rings (SSSR count). The number of ether oxygens (including phenoxy) is 1. The molecule has 1 atom stereocenters. The van der Waals surface area contributed by atoms with E-state index in [9.17, 15) is 24.3 Å². The second kappa shape index (κ2) is 9.62. The predicted molar refractivity (Wildman–Crippen MR) is 125 cm³/mol. The molecule has 2 heterocycles. The number of aliphatic carboxylic acids is 1. The van der Waals surface area contributed by atoms with E-state index < -0.39 is 35.0 Å². The zero-order chi connectivity index (χ0) is 25.2. The summed E-state index contributed by atoms with van der Waals surface area (Å²) in [7, 11) is 0. The van der Waals surface area contributed by atoms with Gasteiger partial charge in [0, 0.05) is 6.54 Å². The number of fused-ring (bicyclic) bond motifs is 2. The summed E-state index contributed by atoms with van der Waals surface area (Å²) in [4.78, 5) is 58.3. The summed E-state index contributed by atoms with van der Waals surface area (Å²) in [6, 6.07) is 2.69. The predicted octanol–water partition coefficient (Wildman–Crippen LogP) is 2.35. The summed E-state index contributed by atoms with van der Waals surface area (Å²) >= 11 is 0. The van der Waals surface area contributed by atoms with Crippen LogP contribution >= 0.6 is 0 Å². The van der Waals surface area contributed by atoms with Gasteiger partial charge < -0.3 is 19.7 Å². The number of nitrogens with zero attached hydrogens (tertiary/aromatic N) is 3. The molecule has 1 aromatic carbocycles. The van der Waals surface area contributed by atoms with Crippen molar-refractivity contribution >= 4 is 23.1 Å². The average Bonchev–Trinajstić information content (AvgIpc) is 2.70. The Morgan fingerprint density at radius 2 is 1.82 bits per heavy atom. The third kappa shape index (κ3) is 5.77. The number of aryl methyl sites for hydroxylation is 3. The van der Waals surface area contributed by atoms with Crippen molar-refractivity contribution in [2.24, 2.45) is 0 Å². The van der Waals surface area contributed by atoms with E-state index in [4.69, 9.17) is 4.74 Å². The van der Waals surface area contributed by atoms with Crippen LogP contribution in [0.4, 0.5) is 4.79 Å². The number of hydrogen-bond acceptors (Lipinski definition) is 7. The number of carbonyl (C=O) groups is 2. The van der Waals surface area contributed by atoms with Gasteiger partial charge in [0.2, 0.25) is 0 Å². The number of carbonyl (C=O) groups excluding carboxylic acids is 1. The van der Waals surface area contributed by atoms with Crippen molar-refractivity contribution in [1.82, 2.24) is 24.8 Å². The Balaban J connectivity index is 1.83. The highest BCUT2D eigenvalue weighted by atomic mass is 16.6. The number of aromatic amines is 1. The van der Waals surface area contributed by atoms with Crippen LogP contribution < -0.4 is 16.6 Å². The van der Waals surface area contributed by atoms with Crippen LogP contribution in [-0.4, -0.2) is 48.3 Å². The van der Waals surface area contributed by atoms with Gasteiger partial charge in [-0.15, -0.1) is 0 Å². The minimum atomic E-state index is -1.16. The summed E-state index contributed by atoms with van der Waals surface area (Å²) in [6.07, 6.45) is 0.338. The molecular weight excluding hydrogens is 442 g/mol. The number of carboxylic acid groups (broad SMARTS) is 1. The largest absolute Gasteiger partial charge is 0.480 e. The second-order valence-corrected chi connectivity index (χ2v) is 9.26. The highest BCUT2D eigenvalue weighted by Gasteiger charge is 2.24. The number of carboxylic acids is 1. The van der Waals surface area contributed by atoms with Crippen LogP contribution in [0.1, 0.15) is 51.2 Å². The molecule has 2 aliphatic rings. The number of amides is 1. The van der Waals surface area contributed by atoms with Crippen molar-refractivity contribution in [2.45, 2.75) is 72.1 Å². The Morgan fingerprint density at radius 1 is 1.15 bits per heavy atom. The van der Waals surface area contributed by atoms with Gasteiger partial charge in [-0.25, -0.2) is 19.4 Å². The molecule has 0 unspecified atom stereocenters. The van der Waals surface area contributed by atoms with Gasteiger partial charge in [0.25, 0.3) is 5.56 Å². The maximum atomic E-state index is 12.4. The van der Waals surface area contributed by atoms with Crippen LogP contribution in [0.25, 0.3) is 22.6 Å². The van der Waals surface area contributed by atoms with Crippen molar-refractivity contribution in [1.29, 1.82) is 0 Å². The lowest BCUT2D eigenvalue weighted by Gasteiger charge is -2.22. The molecule has 0 aromatic heterocycles. The highest BCUT2D eigenvalue weighted by Crippen LogP contribution is 2.24. The minimum absolute atomic E-state index is 0.0605. The van der Waals surface area contributed by atoms with Crippen molar-refractivity contribution in [2.75, 3.05) is 0 Å². The summed E-state index contributed by atoms with van der Waals surface area (Å²) in [5.41, 5.74) is 1.28. The maximum absolute atomic E-state index is 12.4. The van der Waals surface area contributed by atoms with E-state index in [1.165, 1.54) is 0 Å². The van der Waals surface area contributed by atoms with E-state index in [1.54, 1.807) is 25.3 Å². The maximum Gasteiger partial charge on any atom is 0.408 e. The van der Waals surface area contributed by atoms with Gasteiger partial charge in [-0.3, -0.25) is 9.78 Å². The summed E-state index contributed by atoms with van der Waals surface area (Å²) in [5.74, 6) is -0.986. The van der Waals surface area contributed by atoms with E-state index in [2.05, 4.69) is 20.3 Å². The normalized spacial score (nSPS) is 12.6. The Kier molecular flexibility index (Phi) is 7.04. The van der Waals surface area contributed by atoms with Gasteiger partial charge in [0.1, 0.15) is 11.6 Å². The third-order valence-corrected chi connectivity index (χ3v) is 5.34. The van der Waals surface area contributed by atoms with Crippen LogP contribution in [0.15, 0.2) is 21.7 Å². The van der Waals surface area contributed by atoms with Crippen molar-refractivity contribution in [3.05, 3.63) is 44.1 Å². The molecule has 0 saturated carbocycles. The topological polar surface area (TPSA) is 156 Å². The first-order valence-corrected chi connectivity index (χ1v) is 11.0. The standard InChI is InChI=1S/C23H29N5O6/c1-12-10-15-16(11-13(12)2)28(18-17(24-15)19(29)27-21(32)26-18)9-7-6-8-14(20(30)31)25-22(33)34-23(3,4)5/h10-11,14H,6-9H2,1-5H3,(H,25,33)(H,30,31)(H,27,29,32)/t14-/m0/s1. The number of benzene rings is 1. The Hall–Kier alpha value is -3.76. The first kappa shape index (κ1) is 24.9. The first-order valence-electron chi connectivity index (χ1n) is 11.0. The molecule has 0 bridgehead atoms. The number of H-pyrrole nitrogens is 1. The van der Waals surface area contributed by atoms with Crippen LogP contribution in [0.2, 0.25) is 0 Å². The van der Waals surface area contributed by atoms with E-state index in [0.717, 1.165) is 16.6 Å². The molecule has 3 N–H and O–H groups in total. The van der Waals surface area contributed by atoms with E-state index in [1.807, 2.05) is 26.0 Å². The van der Waals surface area contributed by atoms with E-state index in [0.29, 0.717) is 24.9 Å². The molecule has 11 nitrogen and oxygen atoms in total. The number of unbranched alkanes of at least 4 members (excludes halogenated alkanes) is 1. The molecule has 1 aromatic rings. The quantitative estimate of drug-likeness (QED) is 0.350. The molecule has 34 heavy (non-hydrogen) atoms. The molecular formula is C23H29N5O6. The summed E-state index contributed by atoms with van der Waals surface area (Å²) < 4.78 is 6.90. The SMILES string of the molecule is Cc1cc2nc3c(=O)[nH]c(=O)nc-3n(CCCC[C@H](NC(=O)OC(C)(C)C)C(=O)O)c2cc1C. The third-order valence-electron chi connectivity index (χ3n) is 5.34. The first-order chi connectivity index (χ1) is 15.9. The summed E-state index contributed by atoms with van der Waals surface area (Å²) in [6.45, 7) is 9.34. The molecule has 0 fully saturated rings. The lowest BCUT2D eigenvalue weighted by atomic mass is 10.1. The molecule has 182 valence electrons. The van der Waals surface area contributed by atoms with Gasteiger partial charge >= 0.3 is 17.8 Å². The van der Waals surface area contributed by atoms with Crippen LogP contribution in [0.3, 0.4) is 0 Å². The van der Waals surface area contributed by atoms with Crippen LogP contribution in [-0.2, 0) is 16.1 Å². The highest BCUT2D eigenvalue weighted by molar-refractivity contribution is 5.81. The summed E-state index contributed by atoms with van der Waals surface area (Å²) in [5, 5.41) is 11.9. The molecule has 1 amide bonds. The fourth-order valence-electron chi connectivity index (χ4n) is 3.60. The Bertz CT molecular complexity index is 1320. The molecule has 0 saturated heterocycles. The van der Waals surface area contributed by atoms with Gasteiger partial charge in [0.05, 0.1) is 11.0 Å². The van der Waals surface area contributed by atoms with Crippen LogP contribution in [0, 0.1) is 13.8 Å². The lowest BCUT2D eigenvalue weighted by molar-refractivity contribution is -0.139. The fourth-order valence-corrected chi connectivity index (χ4v) is 3.60. The van der Waals surface area contributed by atoms with Crippen molar-refractivity contribution < 1.29 is 19.4 Å². The molecule has 11 heteroatoms. The van der Waals surface area contributed by atoms with E-state index >= 15 is 0 Å². The molecule has 0 radical (unpaired) electrons. The lowest BCUT2D eigenvalue weighted by Crippen LogP contribution is -2.43. The Labute approximate surface area is 195 Å². The number of aromatic nitrogens is 4. The fraction of sp³-hybridized carbons (Fsp3) is 0.478. The van der Waals surface area contributed by atoms with Gasteiger partial charge in [-0.1, -0.05) is 0 Å². The zero-order valence-electron chi connectivity index (χ0n) is 19.9. The van der Waals surface area contributed by atoms with Crippen molar-refractivity contribution in [3.63, 3.8) is 0 Å². The average molecular weight is 472 g/mol. The molecule has 0 spiro atoms. The van der Waals surface area contributed by atoms with Crippen LogP contribution in [0.5, 0.6) is 0 Å². The second-order valence-electron chi connectivity index (χ2n) is 9.26.